The number of hydrazone groups is 1. The first-order valence-electron chi connectivity index (χ1n) is 8.91. The third-order valence-corrected chi connectivity index (χ3v) is 4.24. The fraction of sp³-hybridized carbons (Fsp3) is 0.182. The lowest BCUT2D eigenvalue weighted by Gasteiger charge is -2.05. The summed E-state index contributed by atoms with van der Waals surface area (Å²) >= 11 is 0. The molecule has 3 rings (SSSR count). The maximum absolute atomic E-state index is 12.4. The van der Waals surface area contributed by atoms with Crippen LogP contribution < -0.4 is 5.84 Å². The van der Waals surface area contributed by atoms with Gasteiger partial charge in [0.25, 0.3) is 0 Å². The number of aromatic nitrogens is 1. The van der Waals surface area contributed by atoms with Crippen molar-refractivity contribution in [2.45, 2.75) is 19.9 Å². The molecule has 0 saturated heterocycles. The summed E-state index contributed by atoms with van der Waals surface area (Å²) in [5.74, 6) is 4.95. The first kappa shape index (κ1) is 18.5. The molecule has 0 spiro atoms. The van der Waals surface area contributed by atoms with E-state index in [0.29, 0.717) is 25.1 Å². The van der Waals surface area contributed by atoms with Crippen LogP contribution in [0, 0.1) is 0 Å². The van der Waals surface area contributed by atoms with Gasteiger partial charge in [0.2, 0.25) is 0 Å². The molecule has 2 aromatic carbocycles. The van der Waals surface area contributed by atoms with E-state index >= 15 is 0 Å². The van der Waals surface area contributed by atoms with E-state index in [1.54, 1.807) is 6.21 Å². The molecule has 0 unspecified atom stereocenters. The van der Waals surface area contributed by atoms with Crippen LogP contribution in [0.25, 0.3) is 0 Å². The molecule has 0 aliphatic rings. The molecular weight excluding hydrogens is 338 g/mol. The summed E-state index contributed by atoms with van der Waals surface area (Å²) in [4.78, 5) is 12.4. The Hall–Kier alpha value is -3.34. The molecule has 0 radical (unpaired) electrons. The van der Waals surface area contributed by atoms with E-state index in [0.717, 1.165) is 16.7 Å². The van der Waals surface area contributed by atoms with Crippen LogP contribution in [0.3, 0.4) is 0 Å². The summed E-state index contributed by atoms with van der Waals surface area (Å²) in [6, 6.07) is 18.1. The van der Waals surface area contributed by atoms with Crippen LogP contribution in [0.1, 0.15) is 39.5 Å². The Balaban J connectivity index is 1.89. The Morgan fingerprint density at radius 1 is 1.11 bits per heavy atom. The van der Waals surface area contributed by atoms with Gasteiger partial charge < -0.3 is 15.1 Å². The Bertz CT molecular complexity index is 930. The predicted molar refractivity (Wildman–Crippen MR) is 107 cm³/mol. The molecule has 5 nitrogen and oxygen atoms in total. The predicted octanol–water partition coefficient (Wildman–Crippen LogP) is 3.60. The highest BCUT2D eigenvalue weighted by molar-refractivity contribution is 5.91. The highest BCUT2D eigenvalue weighted by atomic mass is 16.5. The fourth-order valence-electron chi connectivity index (χ4n) is 3.06. The fourth-order valence-corrected chi connectivity index (χ4v) is 3.06. The average Bonchev–Trinajstić information content (AvgIpc) is 3.05. The number of rotatable bonds is 7. The topological polar surface area (TPSA) is 69.6 Å². The lowest BCUT2D eigenvalue weighted by molar-refractivity contribution is 0.0525. The molecule has 138 valence electrons. The number of hydrogen-bond donors (Lipinski definition) is 1. The van der Waals surface area contributed by atoms with E-state index in [9.17, 15) is 4.79 Å². The number of nitrogens with zero attached hydrogens (tertiary/aromatic N) is 2. The Kier molecular flexibility index (Phi) is 6.05. The van der Waals surface area contributed by atoms with Crippen LogP contribution in [0.5, 0.6) is 0 Å². The van der Waals surface area contributed by atoms with Gasteiger partial charge in [0.05, 0.1) is 18.4 Å². The van der Waals surface area contributed by atoms with E-state index in [4.69, 9.17) is 10.6 Å². The Morgan fingerprint density at radius 3 is 2.63 bits per heavy atom. The second kappa shape index (κ2) is 8.85. The SMILES string of the molecule is CCOC(=O)c1cn(Cc2ccccc2)cc1Cc1cccc(C=NN)c1. The molecular formula is C22H23N3O2. The lowest BCUT2D eigenvalue weighted by Crippen LogP contribution is -2.06. The van der Waals surface area contributed by atoms with Gasteiger partial charge in [-0.1, -0.05) is 48.5 Å². The van der Waals surface area contributed by atoms with Crippen LogP contribution in [-0.2, 0) is 17.7 Å². The molecule has 0 amide bonds. The van der Waals surface area contributed by atoms with Gasteiger partial charge in [-0.15, -0.1) is 0 Å². The van der Waals surface area contributed by atoms with E-state index in [1.165, 1.54) is 5.56 Å². The summed E-state index contributed by atoms with van der Waals surface area (Å²) in [7, 11) is 0. The first-order chi connectivity index (χ1) is 13.2. The zero-order valence-electron chi connectivity index (χ0n) is 15.3. The van der Waals surface area contributed by atoms with E-state index in [2.05, 4.69) is 17.2 Å². The normalized spacial score (nSPS) is 11.0. The third-order valence-electron chi connectivity index (χ3n) is 4.24. The first-order valence-corrected chi connectivity index (χ1v) is 8.91. The minimum atomic E-state index is -0.293. The molecule has 0 saturated carbocycles. The number of carbonyl (C=O) groups excluding carboxylic acids is 1. The van der Waals surface area contributed by atoms with E-state index < -0.39 is 0 Å². The number of benzene rings is 2. The summed E-state index contributed by atoms with van der Waals surface area (Å²) < 4.78 is 7.27. The van der Waals surface area contributed by atoms with Gasteiger partial charge in [-0.3, -0.25) is 0 Å². The summed E-state index contributed by atoms with van der Waals surface area (Å²) in [6.45, 7) is 2.87. The molecule has 0 aliphatic heterocycles. The number of ether oxygens (including phenoxy) is 1. The zero-order chi connectivity index (χ0) is 19.1. The molecule has 1 heterocycles. The molecule has 0 bridgehead atoms. The Labute approximate surface area is 159 Å². The van der Waals surface area contributed by atoms with Gasteiger partial charge >= 0.3 is 5.97 Å². The van der Waals surface area contributed by atoms with Crippen molar-refractivity contribution < 1.29 is 9.53 Å². The minimum absolute atomic E-state index is 0.293. The molecule has 1 aromatic heterocycles. The maximum atomic E-state index is 12.4. The number of esters is 1. The van der Waals surface area contributed by atoms with Gasteiger partial charge in [0, 0.05) is 18.9 Å². The van der Waals surface area contributed by atoms with Crippen molar-refractivity contribution in [3.63, 3.8) is 0 Å². The number of hydrogen-bond acceptors (Lipinski definition) is 4. The van der Waals surface area contributed by atoms with Crippen molar-refractivity contribution in [1.29, 1.82) is 0 Å². The standard InChI is InChI=1S/C22H23N3O2/c1-2-27-22(26)21-16-25(14-17-7-4-3-5-8-17)15-20(21)12-18-9-6-10-19(11-18)13-24-23/h3-11,13,15-16H,2,12,14,23H2,1H3. The molecule has 27 heavy (non-hydrogen) atoms. The highest BCUT2D eigenvalue weighted by Crippen LogP contribution is 2.19. The molecule has 5 heteroatoms. The van der Waals surface area contributed by atoms with Gasteiger partial charge in [-0.25, -0.2) is 4.79 Å². The van der Waals surface area contributed by atoms with Crippen LogP contribution in [0.4, 0.5) is 0 Å². The largest absolute Gasteiger partial charge is 0.462 e. The summed E-state index contributed by atoms with van der Waals surface area (Å²) in [5, 5.41) is 3.57. The van der Waals surface area contributed by atoms with Crippen LogP contribution in [0.2, 0.25) is 0 Å². The zero-order valence-corrected chi connectivity index (χ0v) is 15.3. The van der Waals surface area contributed by atoms with Crippen LogP contribution in [-0.4, -0.2) is 23.4 Å². The van der Waals surface area contributed by atoms with Crippen molar-refractivity contribution in [1.82, 2.24) is 4.57 Å². The van der Waals surface area contributed by atoms with Crippen molar-refractivity contribution in [2.24, 2.45) is 10.9 Å². The molecule has 0 atom stereocenters. The second-order valence-corrected chi connectivity index (χ2v) is 6.28. The van der Waals surface area contributed by atoms with E-state index in [1.807, 2.05) is 66.3 Å². The smallest absolute Gasteiger partial charge is 0.339 e. The monoisotopic (exact) mass is 361 g/mol. The molecule has 3 aromatic rings. The van der Waals surface area contributed by atoms with Crippen molar-refractivity contribution in [3.8, 4) is 0 Å². The van der Waals surface area contributed by atoms with Gasteiger partial charge in [0.15, 0.2) is 0 Å². The quantitative estimate of drug-likeness (QED) is 0.303. The highest BCUT2D eigenvalue weighted by Gasteiger charge is 2.16. The summed E-state index contributed by atoms with van der Waals surface area (Å²) in [5.41, 5.74) is 4.72. The van der Waals surface area contributed by atoms with Gasteiger partial charge in [-0.2, -0.15) is 5.10 Å². The summed E-state index contributed by atoms with van der Waals surface area (Å²) in [6.07, 6.45) is 6.12. The number of carbonyl (C=O) groups is 1. The molecule has 0 fully saturated rings. The third kappa shape index (κ3) is 4.85. The van der Waals surface area contributed by atoms with Crippen molar-refractivity contribution in [2.75, 3.05) is 6.61 Å². The molecule has 0 aliphatic carbocycles. The van der Waals surface area contributed by atoms with Crippen molar-refractivity contribution in [3.05, 3.63) is 94.8 Å². The maximum Gasteiger partial charge on any atom is 0.339 e. The lowest BCUT2D eigenvalue weighted by atomic mass is 10.0. The minimum Gasteiger partial charge on any atom is -0.462 e. The van der Waals surface area contributed by atoms with Gasteiger partial charge in [0.1, 0.15) is 0 Å². The second-order valence-electron chi connectivity index (χ2n) is 6.28. The Morgan fingerprint density at radius 2 is 1.89 bits per heavy atom. The molecule has 2 N–H and O–H groups in total. The average molecular weight is 361 g/mol. The van der Waals surface area contributed by atoms with Crippen LogP contribution >= 0.6 is 0 Å². The van der Waals surface area contributed by atoms with E-state index in [-0.39, 0.29) is 5.97 Å². The van der Waals surface area contributed by atoms with Crippen molar-refractivity contribution >= 4 is 12.2 Å². The van der Waals surface area contributed by atoms with Gasteiger partial charge in [-0.05, 0) is 41.7 Å². The van der Waals surface area contributed by atoms with Crippen LogP contribution in [0.15, 0.2) is 72.1 Å². The number of nitrogens with two attached hydrogens (primary N) is 1.